The van der Waals surface area contributed by atoms with Crippen LogP contribution >= 0.6 is 0 Å². The minimum atomic E-state index is -1.21. The second kappa shape index (κ2) is 5.40. The van der Waals surface area contributed by atoms with Crippen LogP contribution in [0.15, 0.2) is 48.5 Å². The summed E-state index contributed by atoms with van der Waals surface area (Å²) < 4.78 is 14.5. The van der Waals surface area contributed by atoms with Gasteiger partial charge < -0.3 is 5.11 Å². The molecular formula is C16H12FN3O2. The van der Waals surface area contributed by atoms with Crippen molar-refractivity contribution in [3.05, 3.63) is 65.7 Å². The van der Waals surface area contributed by atoms with Crippen molar-refractivity contribution in [3.63, 3.8) is 0 Å². The van der Waals surface area contributed by atoms with Gasteiger partial charge in [-0.1, -0.05) is 17.7 Å². The van der Waals surface area contributed by atoms with E-state index in [0.717, 1.165) is 5.56 Å². The third-order valence-electron chi connectivity index (χ3n) is 3.18. The highest BCUT2D eigenvalue weighted by atomic mass is 19.1. The second-order valence-electron chi connectivity index (χ2n) is 4.82. The highest BCUT2D eigenvalue weighted by molar-refractivity contribution is 5.84. The molecule has 0 aliphatic rings. The Labute approximate surface area is 125 Å². The Bertz CT molecular complexity index is 761. The van der Waals surface area contributed by atoms with E-state index >= 15 is 0 Å². The van der Waals surface area contributed by atoms with Crippen LogP contribution < -0.4 is 0 Å². The maximum absolute atomic E-state index is 13.1. The van der Waals surface area contributed by atoms with Crippen LogP contribution in [0.3, 0.4) is 0 Å². The lowest BCUT2D eigenvalue weighted by atomic mass is 10.2. The van der Waals surface area contributed by atoms with Gasteiger partial charge in [0.15, 0.2) is 5.82 Å². The fourth-order valence-corrected chi connectivity index (χ4v) is 2.05. The molecule has 0 amide bonds. The van der Waals surface area contributed by atoms with E-state index in [1.165, 1.54) is 28.9 Å². The molecule has 22 heavy (non-hydrogen) atoms. The van der Waals surface area contributed by atoms with Gasteiger partial charge in [-0.25, -0.2) is 18.9 Å². The summed E-state index contributed by atoms with van der Waals surface area (Å²) in [5.74, 6) is -1.54. The molecule has 1 N–H and O–H groups in total. The molecule has 3 aromatic rings. The van der Waals surface area contributed by atoms with Crippen molar-refractivity contribution in [2.24, 2.45) is 0 Å². The van der Waals surface area contributed by atoms with Crippen molar-refractivity contribution < 1.29 is 14.3 Å². The van der Waals surface area contributed by atoms with Crippen LogP contribution in [0.25, 0.3) is 17.1 Å². The van der Waals surface area contributed by atoms with E-state index in [1.54, 1.807) is 0 Å². The molecule has 0 aliphatic heterocycles. The Morgan fingerprint density at radius 3 is 2.32 bits per heavy atom. The Kier molecular flexibility index (Phi) is 3.42. The normalized spacial score (nSPS) is 10.6. The number of carboxylic acids is 1. The van der Waals surface area contributed by atoms with Crippen molar-refractivity contribution in [2.75, 3.05) is 0 Å². The molecule has 0 bridgehead atoms. The molecule has 0 radical (unpaired) electrons. The van der Waals surface area contributed by atoms with Crippen LogP contribution in [0.1, 0.15) is 16.2 Å². The number of aromatic carboxylic acids is 1. The fourth-order valence-electron chi connectivity index (χ4n) is 2.05. The third-order valence-corrected chi connectivity index (χ3v) is 3.18. The number of nitrogens with zero attached hydrogens (tertiary/aromatic N) is 3. The maximum Gasteiger partial charge on any atom is 0.375 e. The summed E-state index contributed by atoms with van der Waals surface area (Å²) in [5.41, 5.74) is 2.34. The van der Waals surface area contributed by atoms with Crippen LogP contribution in [0.4, 0.5) is 4.39 Å². The van der Waals surface area contributed by atoms with Gasteiger partial charge in [0.05, 0.1) is 5.69 Å². The average Bonchev–Trinajstić information content (AvgIpc) is 2.94. The van der Waals surface area contributed by atoms with E-state index in [2.05, 4.69) is 10.1 Å². The summed E-state index contributed by atoms with van der Waals surface area (Å²) >= 11 is 0. The smallest absolute Gasteiger partial charge is 0.375 e. The first-order valence-corrected chi connectivity index (χ1v) is 6.58. The van der Waals surface area contributed by atoms with Crippen molar-refractivity contribution >= 4 is 5.97 Å². The molecule has 3 rings (SSSR count). The van der Waals surface area contributed by atoms with E-state index < -0.39 is 5.97 Å². The number of aryl methyl sites for hydroxylation is 1. The lowest BCUT2D eigenvalue weighted by Crippen LogP contribution is -2.02. The van der Waals surface area contributed by atoms with E-state index in [1.807, 2.05) is 31.2 Å². The number of hydrogen-bond donors (Lipinski definition) is 1. The van der Waals surface area contributed by atoms with Gasteiger partial charge in [-0.2, -0.15) is 0 Å². The van der Waals surface area contributed by atoms with Crippen LogP contribution in [-0.2, 0) is 0 Å². The number of aromatic nitrogens is 3. The molecule has 0 unspecified atom stereocenters. The highest BCUT2D eigenvalue weighted by Gasteiger charge is 2.17. The molecule has 1 aromatic heterocycles. The quantitative estimate of drug-likeness (QED) is 0.806. The molecule has 110 valence electrons. The second-order valence-corrected chi connectivity index (χ2v) is 4.82. The number of rotatable bonds is 3. The van der Waals surface area contributed by atoms with Gasteiger partial charge >= 0.3 is 5.97 Å². The van der Waals surface area contributed by atoms with E-state index in [4.69, 9.17) is 5.11 Å². The van der Waals surface area contributed by atoms with E-state index in [0.29, 0.717) is 17.1 Å². The average molecular weight is 297 g/mol. The lowest BCUT2D eigenvalue weighted by molar-refractivity contribution is 0.0683. The van der Waals surface area contributed by atoms with Crippen LogP contribution in [-0.4, -0.2) is 25.8 Å². The molecule has 0 aliphatic carbocycles. The Morgan fingerprint density at radius 2 is 1.73 bits per heavy atom. The largest absolute Gasteiger partial charge is 0.475 e. The Balaban J connectivity index is 2.17. The standard InChI is InChI=1S/C16H12FN3O2/c1-10-2-8-13(9-3-10)20-15(18-14(19-20)16(21)22)11-4-6-12(17)7-5-11/h2-9H,1H3,(H,21,22). The summed E-state index contributed by atoms with van der Waals surface area (Å²) in [6.07, 6.45) is 0. The summed E-state index contributed by atoms with van der Waals surface area (Å²) in [6.45, 7) is 1.95. The van der Waals surface area contributed by atoms with Gasteiger partial charge in [0.2, 0.25) is 0 Å². The van der Waals surface area contributed by atoms with Gasteiger partial charge in [-0.3, -0.25) is 0 Å². The van der Waals surface area contributed by atoms with Crippen molar-refractivity contribution in [2.45, 2.75) is 6.92 Å². The van der Waals surface area contributed by atoms with Crippen LogP contribution in [0, 0.1) is 12.7 Å². The number of carbonyl (C=O) groups is 1. The summed E-state index contributed by atoms with van der Waals surface area (Å²) in [4.78, 5) is 15.2. The maximum atomic E-state index is 13.1. The molecule has 1 heterocycles. The minimum absolute atomic E-state index is 0.306. The van der Waals surface area contributed by atoms with Gasteiger partial charge in [0.25, 0.3) is 5.82 Å². The van der Waals surface area contributed by atoms with Gasteiger partial charge in [-0.05, 0) is 43.3 Å². The third kappa shape index (κ3) is 2.58. The van der Waals surface area contributed by atoms with Gasteiger partial charge in [0.1, 0.15) is 5.82 Å². The fraction of sp³-hybridized carbons (Fsp3) is 0.0625. The van der Waals surface area contributed by atoms with E-state index in [9.17, 15) is 9.18 Å². The van der Waals surface area contributed by atoms with Crippen LogP contribution in [0.2, 0.25) is 0 Å². The van der Waals surface area contributed by atoms with Gasteiger partial charge in [-0.15, -0.1) is 5.10 Å². The predicted octanol–water partition coefficient (Wildman–Crippen LogP) is 3.08. The molecule has 6 heteroatoms. The molecular weight excluding hydrogens is 285 g/mol. The topological polar surface area (TPSA) is 68.0 Å². The van der Waals surface area contributed by atoms with Crippen LogP contribution in [0.5, 0.6) is 0 Å². The lowest BCUT2D eigenvalue weighted by Gasteiger charge is -2.06. The Hall–Kier alpha value is -3.02. The van der Waals surface area contributed by atoms with Crippen molar-refractivity contribution in [3.8, 4) is 17.1 Å². The number of halogens is 1. The summed E-state index contributed by atoms with van der Waals surface area (Å²) in [6, 6.07) is 13.1. The summed E-state index contributed by atoms with van der Waals surface area (Å²) in [7, 11) is 0. The highest BCUT2D eigenvalue weighted by Crippen LogP contribution is 2.22. The van der Waals surface area contributed by atoms with Gasteiger partial charge in [0, 0.05) is 5.56 Å². The van der Waals surface area contributed by atoms with Crippen molar-refractivity contribution in [1.82, 2.24) is 14.8 Å². The SMILES string of the molecule is Cc1ccc(-n2nc(C(=O)O)nc2-c2ccc(F)cc2)cc1. The predicted molar refractivity (Wildman–Crippen MR) is 78.4 cm³/mol. The van der Waals surface area contributed by atoms with Crippen molar-refractivity contribution in [1.29, 1.82) is 0 Å². The molecule has 0 atom stereocenters. The molecule has 0 saturated carbocycles. The molecule has 0 saturated heterocycles. The first kappa shape index (κ1) is 13.9. The number of benzene rings is 2. The Morgan fingerprint density at radius 1 is 1.09 bits per heavy atom. The molecule has 5 nitrogen and oxygen atoms in total. The first-order valence-electron chi connectivity index (χ1n) is 6.58. The molecule has 0 spiro atoms. The monoisotopic (exact) mass is 297 g/mol. The minimum Gasteiger partial charge on any atom is -0.475 e. The first-order chi connectivity index (χ1) is 10.5. The number of hydrogen-bond acceptors (Lipinski definition) is 3. The summed E-state index contributed by atoms with van der Waals surface area (Å²) in [5, 5.41) is 13.1. The molecule has 0 fully saturated rings. The van der Waals surface area contributed by atoms with E-state index in [-0.39, 0.29) is 11.6 Å². The zero-order chi connectivity index (χ0) is 15.7. The zero-order valence-corrected chi connectivity index (χ0v) is 11.7. The zero-order valence-electron chi connectivity index (χ0n) is 11.7. The molecule has 2 aromatic carbocycles. The number of carboxylic acid groups (broad SMARTS) is 1.